The topological polar surface area (TPSA) is 117 Å². The molecule has 11 heteroatoms. The number of carboxylic acid groups (broad SMARTS) is 1. The zero-order valence-corrected chi connectivity index (χ0v) is 18.8. The lowest BCUT2D eigenvalue weighted by molar-refractivity contribution is -0.127. The summed E-state index contributed by atoms with van der Waals surface area (Å²) in [6.07, 6.45) is 1.34. The number of furan rings is 1. The highest BCUT2D eigenvalue weighted by molar-refractivity contribution is 8.18. The fraction of sp³-hybridized carbons (Fsp3) is 0.0833. The predicted octanol–water partition coefficient (Wildman–Crippen LogP) is 4.91. The zero-order chi connectivity index (χ0) is 25.3. The van der Waals surface area contributed by atoms with Crippen LogP contribution in [0.1, 0.15) is 21.7 Å². The molecular weight excluding hydrogens is 482 g/mol. The van der Waals surface area contributed by atoms with E-state index >= 15 is 0 Å². The molecule has 1 fully saturated rings. The van der Waals surface area contributed by atoms with Crippen molar-refractivity contribution in [2.24, 2.45) is 0 Å². The Morgan fingerprint density at radius 3 is 2.60 bits per heavy atom. The molecule has 0 unspecified atom stereocenters. The van der Waals surface area contributed by atoms with Crippen molar-refractivity contribution in [2.75, 3.05) is 11.9 Å². The van der Waals surface area contributed by atoms with Crippen LogP contribution in [0.15, 0.2) is 57.9 Å². The van der Waals surface area contributed by atoms with Gasteiger partial charge in [-0.25, -0.2) is 13.6 Å². The van der Waals surface area contributed by atoms with Crippen molar-refractivity contribution in [2.45, 2.75) is 6.92 Å². The molecule has 1 aliphatic rings. The molecule has 1 aliphatic heterocycles. The second-order valence-corrected chi connectivity index (χ2v) is 8.47. The maximum atomic E-state index is 13.7. The van der Waals surface area contributed by atoms with E-state index in [-0.39, 0.29) is 21.9 Å². The first-order valence-corrected chi connectivity index (χ1v) is 10.9. The van der Waals surface area contributed by atoms with Gasteiger partial charge in [0.15, 0.2) is 0 Å². The largest absolute Gasteiger partial charge is 0.478 e. The van der Waals surface area contributed by atoms with Gasteiger partial charge in [-0.3, -0.25) is 19.3 Å². The van der Waals surface area contributed by atoms with Gasteiger partial charge in [0.05, 0.1) is 16.2 Å². The molecular formula is C24H16F2N2O6S. The van der Waals surface area contributed by atoms with Crippen molar-refractivity contribution in [1.82, 2.24) is 4.90 Å². The molecule has 35 heavy (non-hydrogen) atoms. The monoisotopic (exact) mass is 498 g/mol. The van der Waals surface area contributed by atoms with Crippen LogP contribution in [0.2, 0.25) is 0 Å². The van der Waals surface area contributed by atoms with Crippen molar-refractivity contribution < 1.29 is 37.5 Å². The van der Waals surface area contributed by atoms with Crippen LogP contribution < -0.4 is 5.32 Å². The summed E-state index contributed by atoms with van der Waals surface area (Å²) in [7, 11) is 0. The number of hydrogen-bond donors (Lipinski definition) is 2. The summed E-state index contributed by atoms with van der Waals surface area (Å²) in [6.45, 7) is 1.13. The first kappa shape index (κ1) is 23.9. The Kier molecular flexibility index (Phi) is 6.52. The molecule has 2 aromatic carbocycles. The Balaban J connectivity index is 1.49. The molecule has 0 spiro atoms. The second-order valence-electron chi connectivity index (χ2n) is 7.48. The van der Waals surface area contributed by atoms with Crippen LogP contribution in [0.3, 0.4) is 0 Å². The Labute approximate surface area is 201 Å². The van der Waals surface area contributed by atoms with E-state index in [4.69, 9.17) is 4.42 Å². The Bertz CT molecular complexity index is 1410. The third-order valence-corrected chi connectivity index (χ3v) is 5.94. The average molecular weight is 498 g/mol. The fourth-order valence-electron chi connectivity index (χ4n) is 3.29. The number of nitrogens with zero attached hydrogens (tertiary/aromatic N) is 1. The number of carboxylic acids is 1. The molecule has 0 saturated carbocycles. The number of carbonyl (C=O) groups excluding carboxylic acids is 3. The highest BCUT2D eigenvalue weighted by atomic mass is 32.2. The Morgan fingerprint density at radius 2 is 1.89 bits per heavy atom. The van der Waals surface area contributed by atoms with Gasteiger partial charge in [0.2, 0.25) is 5.91 Å². The minimum absolute atomic E-state index is 0.00710. The van der Waals surface area contributed by atoms with Gasteiger partial charge in [-0.1, -0.05) is 6.07 Å². The van der Waals surface area contributed by atoms with Crippen LogP contribution in [0.4, 0.5) is 19.3 Å². The molecule has 1 saturated heterocycles. The highest BCUT2D eigenvalue weighted by Gasteiger charge is 2.36. The van der Waals surface area contributed by atoms with Crippen LogP contribution >= 0.6 is 11.8 Å². The Hall–Kier alpha value is -4.25. The van der Waals surface area contributed by atoms with Gasteiger partial charge < -0.3 is 14.8 Å². The van der Waals surface area contributed by atoms with E-state index < -0.39 is 41.2 Å². The number of aromatic carboxylic acids is 1. The van der Waals surface area contributed by atoms with E-state index in [2.05, 4.69) is 5.32 Å². The van der Waals surface area contributed by atoms with Crippen LogP contribution in [0, 0.1) is 18.6 Å². The van der Waals surface area contributed by atoms with Gasteiger partial charge in [0.1, 0.15) is 29.7 Å². The third-order valence-electron chi connectivity index (χ3n) is 5.03. The number of nitrogens with one attached hydrogen (secondary N) is 1. The average Bonchev–Trinajstić information content (AvgIpc) is 3.36. The van der Waals surface area contributed by atoms with Crippen LogP contribution in [-0.4, -0.2) is 39.6 Å². The lowest BCUT2D eigenvalue weighted by Crippen LogP contribution is -2.36. The van der Waals surface area contributed by atoms with E-state index in [1.54, 1.807) is 25.1 Å². The molecule has 0 atom stereocenters. The minimum atomic E-state index is -1.09. The Morgan fingerprint density at radius 1 is 1.11 bits per heavy atom. The first-order chi connectivity index (χ1) is 16.6. The molecule has 0 bridgehead atoms. The van der Waals surface area contributed by atoms with Gasteiger partial charge in [-0.05, 0) is 60.6 Å². The summed E-state index contributed by atoms with van der Waals surface area (Å²) in [5.74, 6) is -3.87. The summed E-state index contributed by atoms with van der Waals surface area (Å²) < 4.78 is 32.5. The summed E-state index contributed by atoms with van der Waals surface area (Å²) in [5, 5.41) is 10.7. The van der Waals surface area contributed by atoms with Crippen molar-refractivity contribution >= 4 is 46.5 Å². The number of hydrogen-bond acceptors (Lipinski definition) is 6. The highest BCUT2D eigenvalue weighted by Crippen LogP contribution is 2.34. The number of rotatable bonds is 6. The van der Waals surface area contributed by atoms with Crippen LogP contribution in [-0.2, 0) is 9.59 Å². The number of thioether (sulfide) groups is 1. The van der Waals surface area contributed by atoms with E-state index in [1.165, 1.54) is 18.2 Å². The smallest absolute Gasteiger partial charge is 0.335 e. The van der Waals surface area contributed by atoms with Crippen LogP contribution in [0.25, 0.3) is 17.4 Å². The number of carbonyl (C=O) groups is 4. The third kappa shape index (κ3) is 5.14. The summed E-state index contributed by atoms with van der Waals surface area (Å²) in [5.41, 5.74) is 1.13. The molecule has 3 amide bonds. The molecule has 3 aromatic rings. The van der Waals surface area contributed by atoms with Crippen molar-refractivity contribution in [3.05, 3.63) is 82.0 Å². The van der Waals surface area contributed by atoms with E-state index in [1.807, 2.05) is 0 Å². The number of amides is 3. The zero-order valence-electron chi connectivity index (χ0n) is 18.0. The van der Waals surface area contributed by atoms with Gasteiger partial charge in [0, 0.05) is 17.7 Å². The lowest BCUT2D eigenvalue weighted by atomic mass is 10.0. The molecule has 8 nitrogen and oxygen atoms in total. The number of imide groups is 1. The van der Waals surface area contributed by atoms with Gasteiger partial charge in [0.25, 0.3) is 11.1 Å². The van der Waals surface area contributed by atoms with Crippen molar-refractivity contribution in [1.29, 1.82) is 0 Å². The van der Waals surface area contributed by atoms with Crippen molar-refractivity contribution in [3.63, 3.8) is 0 Å². The molecule has 4 rings (SSSR count). The number of halogens is 2. The van der Waals surface area contributed by atoms with Crippen molar-refractivity contribution in [3.8, 4) is 11.3 Å². The number of benzene rings is 2. The molecule has 178 valence electrons. The molecule has 2 N–H and O–H groups in total. The summed E-state index contributed by atoms with van der Waals surface area (Å²) in [4.78, 5) is 49.2. The molecule has 2 heterocycles. The molecule has 0 radical (unpaired) electrons. The van der Waals surface area contributed by atoms with Crippen LogP contribution in [0.5, 0.6) is 0 Å². The maximum absolute atomic E-state index is 13.7. The SMILES string of the molecule is Cc1ccc(C(=O)O)cc1-c1ccc(/C=C2\SC(=O)N(CC(=O)Nc3ccc(F)cc3F)C2=O)o1. The van der Waals surface area contributed by atoms with Gasteiger partial charge in [-0.15, -0.1) is 0 Å². The standard InChI is InChI=1S/C24H16F2N2O6S/c1-12-2-3-13(23(31)32)8-16(12)19-7-5-15(34-19)10-20-22(30)28(24(33)35-20)11-21(29)27-18-6-4-14(25)9-17(18)26/h2-10H,11H2,1H3,(H,27,29)(H,31,32)/b20-10-. The molecule has 1 aromatic heterocycles. The normalized spacial score (nSPS) is 14.6. The maximum Gasteiger partial charge on any atom is 0.335 e. The number of anilines is 1. The van der Waals surface area contributed by atoms with E-state index in [9.17, 15) is 33.1 Å². The first-order valence-electron chi connectivity index (χ1n) is 10.1. The quantitative estimate of drug-likeness (QED) is 0.464. The summed E-state index contributed by atoms with van der Waals surface area (Å²) >= 11 is 0.602. The summed E-state index contributed by atoms with van der Waals surface area (Å²) in [6, 6.07) is 10.3. The minimum Gasteiger partial charge on any atom is -0.478 e. The molecule has 0 aliphatic carbocycles. The van der Waals surface area contributed by atoms with Gasteiger partial charge >= 0.3 is 5.97 Å². The lowest BCUT2D eigenvalue weighted by Gasteiger charge is -2.12. The number of aryl methyl sites for hydroxylation is 1. The van der Waals surface area contributed by atoms with Gasteiger partial charge in [-0.2, -0.15) is 0 Å². The van der Waals surface area contributed by atoms with E-state index in [0.29, 0.717) is 34.1 Å². The fourth-order valence-corrected chi connectivity index (χ4v) is 4.10. The van der Waals surface area contributed by atoms with E-state index in [0.717, 1.165) is 17.7 Å². The second kappa shape index (κ2) is 9.55. The predicted molar refractivity (Wildman–Crippen MR) is 124 cm³/mol.